The Bertz CT molecular complexity index is 700. The molecule has 0 aliphatic carbocycles. The van der Waals surface area contributed by atoms with E-state index >= 15 is 0 Å². The number of rotatable bonds is 6. The lowest BCUT2D eigenvalue weighted by Crippen LogP contribution is -2.27. The first-order valence-corrected chi connectivity index (χ1v) is 8.32. The molecule has 132 valence electrons. The molecule has 0 bridgehead atoms. The number of nitrogens with zero attached hydrogens (tertiary/aromatic N) is 2. The largest absolute Gasteiger partial charge is 0.481 e. The summed E-state index contributed by atoms with van der Waals surface area (Å²) in [5.74, 6) is 3.78. The average molecular weight is 352 g/mol. The fourth-order valence-electron chi connectivity index (χ4n) is 2.15. The summed E-state index contributed by atoms with van der Waals surface area (Å²) in [6.45, 7) is 3.96. The second-order valence-corrected chi connectivity index (χ2v) is 6.30. The van der Waals surface area contributed by atoms with Crippen molar-refractivity contribution in [1.29, 1.82) is 0 Å². The Hall–Kier alpha value is -2.39. The number of hydrazine groups is 1. The number of carbonyl (C=O) groups is 1. The Balaban J connectivity index is 0.000000242. The number of nitrogens with two attached hydrogens (primary N) is 3. The van der Waals surface area contributed by atoms with E-state index in [1.165, 1.54) is 21.6 Å². The van der Waals surface area contributed by atoms with E-state index in [1.54, 1.807) is 0 Å². The van der Waals surface area contributed by atoms with Crippen molar-refractivity contribution in [1.82, 2.24) is 10.5 Å². The maximum Gasteiger partial charge on any atom is 0.306 e. The number of para-hydroxylation sites is 1. The van der Waals surface area contributed by atoms with Gasteiger partial charge in [0.05, 0.1) is 16.1 Å². The number of aliphatic carboxylic acids is 1. The highest BCUT2D eigenvalue weighted by Crippen LogP contribution is 2.25. The molecule has 0 unspecified atom stereocenters. The van der Waals surface area contributed by atoms with Crippen LogP contribution < -0.4 is 22.8 Å². The molecule has 0 radical (unpaired) electrons. The van der Waals surface area contributed by atoms with E-state index in [0.717, 1.165) is 11.9 Å². The van der Waals surface area contributed by atoms with Crippen molar-refractivity contribution in [2.24, 2.45) is 22.6 Å². The highest BCUT2D eigenvalue weighted by Gasteiger charge is 2.17. The molecule has 1 aromatic carbocycles. The first-order chi connectivity index (χ1) is 11.4. The fraction of sp³-hybridized carbons (Fsp3) is 0.400. The third kappa shape index (κ3) is 6.01. The van der Waals surface area contributed by atoms with Crippen LogP contribution in [0.2, 0.25) is 0 Å². The van der Waals surface area contributed by atoms with Gasteiger partial charge >= 0.3 is 5.97 Å². The summed E-state index contributed by atoms with van der Waals surface area (Å²) in [6, 6.07) is 6.10. The van der Waals surface area contributed by atoms with E-state index in [9.17, 15) is 4.79 Å². The summed E-state index contributed by atoms with van der Waals surface area (Å²) in [4.78, 5) is 14.9. The molecule has 2 aromatic rings. The minimum absolute atomic E-state index is 0.211. The number of aromatic nitrogens is 1. The van der Waals surface area contributed by atoms with Crippen LogP contribution in [0.4, 0.5) is 5.13 Å². The topological polar surface area (TPSA) is 153 Å². The number of carboxylic acids is 1. The number of nitrogen functional groups attached to an aromatic ring is 1. The van der Waals surface area contributed by atoms with Gasteiger partial charge in [-0.25, -0.2) is 16.4 Å². The van der Waals surface area contributed by atoms with Crippen molar-refractivity contribution >= 4 is 38.5 Å². The average Bonchev–Trinajstić information content (AvgIpc) is 2.89. The highest BCUT2D eigenvalue weighted by atomic mass is 32.1. The van der Waals surface area contributed by atoms with Gasteiger partial charge < -0.3 is 16.6 Å². The summed E-state index contributed by atoms with van der Waals surface area (Å²) >= 11 is 1.53. The van der Waals surface area contributed by atoms with Crippen molar-refractivity contribution in [2.45, 2.75) is 33.1 Å². The van der Waals surface area contributed by atoms with Crippen LogP contribution in [0, 0.1) is 12.8 Å². The first kappa shape index (κ1) is 19.7. The number of hydrazone groups is 1. The molecule has 0 amide bonds. The summed E-state index contributed by atoms with van der Waals surface area (Å²) in [6.07, 6.45) is 1.63. The van der Waals surface area contributed by atoms with Crippen molar-refractivity contribution in [3.8, 4) is 0 Å². The number of hydrogen-bond donors (Lipinski definition) is 5. The molecule has 0 fully saturated rings. The highest BCUT2D eigenvalue weighted by molar-refractivity contribution is 7.22. The zero-order valence-electron chi connectivity index (χ0n) is 13.8. The van der Waals surface area contributed by atoms with E-state index < -0.39 is 11.9 Å². The Kier molecular flexibility index (Phi) is 7.93. The van der Waals surface area contributed by atoms with Crippen LogP contribution in [-0.4, -0.2) is 21.9 Å². The number of aryl methyl sites for hydroxylation is 1. The van der Waals surface area contributed by atoms with Crippen LogP contribution in [0.1, 0.15) is 31.7 Å². The lowest BCUT2D eigenvalue weighted by atomic mass is 10.00. The van der Waals surface area contributed by atoms with Crippen LogP contribution in [0.25, 0.3) is 10.2 Å². The third-order valence-corrected chi connectivity index (χ3v) is 4.14. The monoisotopic (exact) mass is 352 g/mol. The third-order valence-electron chi connectivity index (χ3n) is 3.29. The van der Waals surface area contributed by atoms with E-state index in [4.69, 9.17) is 22.4 Å². The zero-order chi connectivity index (χ0) is 18.1. The Labute approximate surface area is 144 Å². The van der Waals surface area contributed by atoms with Crippen LogP contribution in [-0.2, 0) is 4.79 Å². The molecule has 0 aliphatic heterocycles. The summed E-state index contributed by atoms with van der Waals surface area (Å²) in [5.41, 5.74) is 15.2. The maximum atomic E-state index is 10.7. The number of carboxylic acid groups (broad SMARTS) is 1. The minimum atomic E-state index is -0.850. The normalized spacial score (nSPS) is 12.4. The fourth-order valence-corrected chi connectivity index (χ4v) is 2.96. The number of amidine groups is 1. The number of thiazole rings is 1. The zero-order valence-corrected chi connectivity index (χ0v) is 14.6. The van der Waals surface area contributed by atoms with E-state index in [0.29, 0.717) is 11.6 Å². The number of benzene rings is 1. The smallest absolute Gasteiger partial charge is 0.306 e. The van der Waals surface area contributed by atoms with Crippen LogP contribution in [0.15, 0.2) is 23.3 Å². The molecule has 0 aliphatic rings. The molecule has 0 saturated heterocycles. The van der Waals surface area contributed by atoms with E-state index in [1.807, 2.05) is 37.6 Å². The summed E-state index contributed by atoms with van der Waals surface area (Å²) in [7, 11) is 0. The Morgan fingerprint density at radius 3 is 2.75 bits per heavy atom. The van der Waals surface area contributed by atoms with E-state index in [2.05, 4.69) is 10.1 Å². The predicted octanol–water partition coefficient (Wildman–Crippen LogP) is 1.80. The van der Waals surface area contributed by atoms with Gasteiger partial charge in [-0.05, 0) is 25.0 Å². The van der Waals surface area contributed by atoms with Gasteiger partial charge in [0.15, 0.2) is 5.13 Å². The molecular formula is C15H24N6O2S. The van der Waals surface area contributed by atoms with E-state index in [-0.39, 0.29) is 12.3 Å². The number of nitrogens with one attached hydrogen (secondary N) is 1. The van der Waals surface area contributed by atoms with Crippen LogP contribution in [0.3, 0.4) is 0 Å². The van der Waals surface area contributed by atoms with Gasteiger partial charge in [0.2, 0.25) is 0 Å². The Morgan fingerprint density at radius 2 is 2.21 bits per heavy atom. The quantitative estimate of drug-likeness (QED) is 0.230. The second-order valence-electron chi connectivity index (χ2n) is 5.23. The SMILES string of the molecule is CCC[C@@H](C/C(N)=N/NN)C(=O)O.Cc1cccc2sc(N)nc12. The molecule has 24 heavy (non-hydrogen) atoms. The number of anilines is 1. The molecule has 9 heteroatoms. The van der Waals surface area contributed by atoms with Crippen LogP contribution >= 0.6 is 11.3 Å². The van der Waals surface area contributed by atoms with Crippen molar-refractivity contribution in [3.05, 3.63) is 23.8 Å². The summed E-state index contributed by atoms with van der Waals surface area (Å²) in [5, 5.41) is 12.9. The molecule has 0 spiro atoms. The number of hydrogen-bond acceptors (Lipinski definition) is 7. The van der Waals surface area contributed by atoms with Crippen molar-refractivity contribution in [2.75, 3.05) is 5.73 Å². The standard InChI is InChI=1S/C8H8N2S.C7H16N4O2/c1-5-3-2-4-6-7(5)10-8(9)11-6;1-2-3-5(7(12)13)4-6(8)10-11-9/h2-4H,1H3,(H2,9,10);5,11H,2-4,9H2,1H3,(H2,8,10)(H,12,13)/t;5-/m.0/s1. The van der Waals surface area contributed by atoms with Crippen molar-refractivity contribution < 1.29 is 9.90 Å². The molecule has 1 heterocycles. The first-order valence-electron chi connectivity index (χ1n) is 7.51. The molecule has 2 rings (SSSR count). The van der Waals surface area contributed by atoms with Gasteiger partial charge in [-0.3, -0.25) is 4.79 Å². The van der Waals surface area contributed by atoms with Crippen molar-refractivity contribution in [3.63, 3.8) is 0 Å². The maximum absolute atomic E-state index is 10.7. The molecule has 8 N–H and O–H groups in total. The van der Waals surface area contributed by atoms with Crippen LogP contribution in [0.5, 0.6) is 0 Å². The van der Waals surface area contributed by atoms with Gasteiger partial charge in [-0.15, -0.1) is 0 Å². The molecular weight excluding hydrogens is 328 g/mol. The Morgan fingerprint density at radius 1 is 1.50 bits per heavy atom. The van der Waals surface area contributed by atoms with Gasteiger partial charge in [-0.2, -0.15) is 5.10 Å². The lowest BCUT2D eigenvalue weighted by molar-refractivity contribution is -0.141. The van der Waals surface area contributed by atoms with Gasteiger partial charge in [0.1, 0.15) is 5.84 Å². The van der Waals surface area contributed by atoms with Gasteiger partial charge in [0.25, 0.3) is 0 Å². The van der Waals surface area contributed by atoms with Gasteiger partial charge in [-0.1, -0.05) is 36.8 Å². The molecule has 1 atom stereocenters. The molecule has 8 nitrogen and oxygen atoms in total. The van der Waals surface area contributed by atoms with Gasteiger partial charge in [0, 0.05) is 6.42 Å². The molecule has 1 aromatic heterocycles. The minimum Gasteiger partial charge on any atom is -0.481 e. The second kappa shape index (κ2) is 9.68. The number of fused-ring (bicyclic) bond motifs is 1. The predicted molar refractivity (Wildman–Crippen MR) is 98.4 cm³/mol. The molecule has 0 saturated carbocycles. The summed E-state index contributed by atoms with van der Waals surface area (Å²) < 4.78 is 1.17. The lowest BCUT2D eigenvalue weighted by Gasteiger charge is -2.09.